The molecule has 0 spiro atoms. The van der Waals surface area contributed by atoms with Crippen LogP contribution in [0, 0.1) is 0 Å². The van der Waals surface area contributed by atoms with Gasteiger partial charge >= 0.3 is 0 Å². The van der Waals surface area contributed by atoms with Gasteiger partial charge in [0.2, 0.25) is 0 Å². The Kier molecular flexibility index (Phi) is 7.20. The van der Waals surface area contributed by atoms with E-state index in [0.717, 1.165) is 6.29 Å². The SMILES string of the molecule is O=CCC(P(c1ccccc1)c1ccccc1)P(c1ccccc1)c1ccccc1. The average molecular weight is 426 g/mol. The number of carbonyl (C=O) groups excluding carboxylic acids is 1. The summed E-state index contributed by atoms with van der Waals surface area (Å²) >= 11 is 0. The van der Waals surface area contributed by atoms with Crippen molar-refractivity contribution in [2.45, 2.75) is 11.8 Å². The molecular weight excluding hydrogens is 402 g/mol. The Morgan fingerprint density at radius 1 is 0.500 bits per heavy atom. The van der Waals surface area contributed by atoms with E-state index < -0.39 is 15.8 Å². The Morgan fingerprint density at radius 3 is 1.00 bits per heavy atom. The maximum absolute atomic E-state index is 12.0. The van der Waals surface area contributed by atoms with E-state index in [1.165, 1.54) is 21.2 Å². The third-order valence-corrected chi connectivity index (χ3v) is 11.5. The number of aldehydes is 1. The van der Waals surface area contributed by atoms with Gasteiger partial charge in [-0.1, -0.05) is 121 Å². The standard InChI is InChI=1S/C27H24OP2/c28-22-21-27(29(23-13-5-1-6-14-23)24-15-7-2-8-16-24)30(25-17-9-3-10-18-25)26-19-11-4-12-20-26/h1-20,22,27H,21H2. The molecule has 30 heavy (non-hydrogen) atoms. The molecule has 0 unspecified atom stereocenters. The Labute approximate surface area is 181 Å². The van der Waals surface area contributed by atoms with Crippen molar-refractivity contribution in [2.24, 2.45) is 0 Å². The van der Waals surface area contributed by atoms with Crippen molar-refractivity contribution in [1.82, 2.24) is 0 Å². The second-order valence-electron chi connectivity index (χ2n) is 6.97. The minimum atomic E-state index is -0.709. The minimum absolute atomic E-state index is 0.224. The number of benzene rings is 4. The summed E-state index contributed by atoms with van der Waals surface area (Å²) in [5.74, 6) is 0. The molecule has 4 aromatic carbocycles. The van der Waals surface area contributed by atoms with Gasteiger partial charge in [0.15, 0.2) is 0 Å². The van der Waals surface area contributed by atoms with Crippen LogP contribution in [0.25, 0.3) is 0 Å². The lowest BCUT2D eigenvalue weighted by Crippen LogP contribution is -2.28. The molecule has 0 bridgehead atoms. The molecule has 0 amide bonds. The third-order valence-electron chi connectivity index (χ3n) is 5.04. The first kappa shape index (κ1) is 20.7. The molecule has 4 rings (SSSR count). The molecule has 0 aliphatic carbocycles. The van der Waals surface area contributed by atoms with Gasteiger partial charge < -0.3 is 4.79 Å². The molecule has 3 heteroatoms. The van der Waals surface area contributed by atoms with Crippen molar-refractivity contribution in [2.75, 3.05) is 0 Å². The number of hydrogen-bond donors (Lipinski definition) is 0. The van der Waals surface area contributed by atoms with Crippen LogP contribution in [-0.4, -0.2) is 11.7 Å². The Bertz CT molecular complexity index is 875. The zero-order chi connectivity index (χ0) is 20.6. The average Bonchev–Trinajstić information content (AvgIpc) is 2.82. The molecule has 0 aliphatic rings. The van der Waals surface area contributed by atoms with Crippen molar-refractivity contribution in [3.63, 3.8) is 0 Å². The fourth-order valence-electron chi connectivity index (χ4n) is 3.75. The summed E-state index contributed by atoms with van der Waals surface area (Å²) in [7, 11) is -1.42. The van der Waals surface area contributed by atoms with Crippen LogP contribution in [-0.2, 0) is 4.79 Å². The maximum atomic E-state index is 12.0. The van der Waals surface area contributed by atoms with Gasteiger partial charge in [0, 0.05) is 11.8 Å². The predicted octanol–water partition coefficient (Wildman–Crippen LogP) is 5.17. The fourth-order valence-corrected chi connectivity index (χ4v) is 10.8. The fraction of sp³-hybridized carbons (Fsp3) is 0.0741. The van der Waals surface area contributed by atoms with Gasteiger partial charge in [0.25, 0.3) is 0 Å². The molecule has 0 saturated heterocycles. The minimum Gasteiger partial charge on any atom is -0.303 e. The highest BCUT2D eigenvalue weighted by atomic mass is 31.2. The lowest BCUT2D eigenvalue weighted by atomic mass is 10.4. The van der Waals surface area contributed by atoms with Crippen molar-refractivity contribution in [3.05, 3.63) is 121 Å². The summed E-state index contributed by atoms with van der Waals surface area (Å²) in [5.41, 5.74) is 0. The summed E-state index contributed by atoms with van der Waals surface area (Å²) in [6.45, 7) is 0. The zero-order valence-electron chi connectivity index (χ0n) is 16.7. The lowest BCUT2D eigenvalue weighted by Gasteiger charge is -2.35. The van der Waals surface area contributed by atoms with Crippen molar-refractivity contribution in [1.29, 1.82) is 0 Å². The molecule has 0 aromatic heterocycles. The molecule has 0 aliphatic heterocycles. The third kappa shape index (κ3) is 4.76. The largest absolute Gasteiger partial charge is 0.303 e. The lowest BCUT2D eigenvalue weighted by molar-refractivity contribution is -0.107. The first-order chi connectivity index (χ1) is 14.9. The smallest absolute Gasteiger partial charge is 0.121 e. The van der Waals surface area contributed by atoms with E-state index in [4.69, 9.17) is 0 Å². The zero-order valence-corrected chi connectivity index (χ0v) is 18.5. The highest BCUT2D eigenvalue weighted by Crippen LogP contribution is 2.57. The van der Waals surface area contributed by atoms with Gasteiger partial charge in [-0.2, -0.15) is 0 Å². The van der Waals surface area contributed by atoms with E-state index in [1.54, 1.807) is 0 Å². The molecule has 0 radical (unpaired) electrons. The first-order valence-electron chi connectivity index (χ1n) is 10.1. The van der Waals surface area contributed by atoms with E-state index in [9.17, 15) is 4.79 Å². The summed E-state index contributed by atoms with van der Waals surface area (Å²) < 4.78 is 0. The van der Waals surface area contributed by atoms with Crippen LogP contribution < -0.4 is 21.2 Å². The molecular formula is C27H24OP2. The van der Waals surface area contributed by atoms with Crippen LogP contribution in [0.4, 0.5) is 0 Å². The van der Waals surface area contributed by atoms with Crippen LogP contribution in [0.15, 0.2) is 121 Å². The quantitative estimate of drug-likeness (QED) is 0.281. The molecule has 0 heterocycles. The van der Waals surface area contributed by atoms with Crippen LogP contribution in [0.5, 0.6) is 0 Å². The van der Waals surface area contributed by atoms with Crippen LogP contribution in [0.1, 0.15) is 6.42 Å². The first-order valence-corrected chi connectivity index (χ1v) is 12.9. The van der Waals surface area contributed by atoms with Crippen LogP contribution in [0.3, 0.4) is 0 Å². The molecule has 0 fully saturated rings. The Balaban J connectivity index is 1.91. The molecule has 148 valence electrons. The van der Waals surface area contributed by atoms with E-state index >= 15 is 0 Å². The number of carbonyl (C=O) groups is 1. The second kappa shape index (κ2) is 10.4. The van der Waals surface area contributed by atoms with Gasteiger partial charge in [0.1, 0.15) is 6.29 Å². The summed E-state index contributed by atoms with van der Waals surface area (Å²) in [5, 5.41) is 5.52. The Hall–Kier alpha value is -2.59. The van der Waals surface area contributed by atoms with Crippen molar-refractivity contribution in [3.8, 4) is 0 Å². The van der Waals surface area contributed by atoms with Crippen molar-refractivity contribution >= 4 is 43.3 Å². The van der Waals surface area contributed by atoms with Crippen molar-refractivity contribution < 1.29 is 4.79 Å². The van der Waals surface area contributed by atoms with Gasteiger partial charge in [-0.3, -0.25) is 0 Å². The molecule has 0 saturated carbocycles. The number of hydrogen-bond acceptors (Lipinski definition) is 1. The van der Waals surface area contributed by atoms with E-state index in [1.807, 2.05) is 0 Å². The Morgan fingerprint density at radius 2 is 0.767 bits per heavy atom. The van der Waals surface area contributed by atoms with E-state index in [-0.39, 0.29) is 5.40 Å². The summed E-state index contributed by atoms with van der Waals surface area (Å²) in [6.07, 6.45) is 1.66. The molecule has 4 aromatic rings. The van der Waals surface area contributed by atoms with Crippen LogP contribution >= 0.6 is 15.8 Å². The van der Waals surface area contributed by atoms with E-state index in [0.29, 0.717) is 6.42 Å². The summed E-state index contributed by atoms with van der Waals surface area (Å²) in [6, 6.07) is 42.9. The molecule has 1 nitrogen and oxygen atoms in total. The number of rotatable bonds is 8. The summed E-state index contributed by atoms with van der Waals surface area (Å²) in [4.78, 5) is 12.0. The second-order valence-corrected chi connectivity index (χ2v) is 12.2. The maximum Gasteiger partial charge on any atom is 0.121 e. The normalized spacial score (nSPS) is 11.2. The molecule has 0 atom stereocenters. The van der Waals surface area contributed by atoms with Gasteiger partial charge in [-0.05, 0) is 37.1 Å². The topological polar surface area (TPSA) is 17.1 Å². The molecule has 0 N–H and O–H groups in total. The van der Waals surface area contributed by atoms with Crippen LogP contribution in [0.2, 0.25) is 0 Å². The highest BCUT2D eigenvalue weighted by molar-refractivity contribution is 7.89. The van der Waals surface area contributed by atoms with Gasteiger partial charge in [0.05, 0.1) is 0 Å². The predicted molar refractivity (Wildman–Crippen MR) is 133 cm³/mol. The van der Waals surface area contributed by atoms with E-state index in [2.05, 4.69) is 121 Å². The van der Waals surface area contributed by atoms with Gasteiger partial charge in [-0.25, -0.2) is 0 Å². The monoisotopic (exact) mass is 426 g/mol. The highest BCUT2D eigenvalue weighted by Gasteiger charge is 2.33. The van der Waals surface area contributed by atoms with Gasteiger partial charge in [-0.15, -0.1) is 0 Å².